The first-order chi connectivity index (χ1) is 29.6. The Morgan fingerprint density at radius 3 is 1.23 bits per heavy atom. The zero-order valence-corrected chi connectivity index (χ0v) is 40.0. The van der Waals surface area contributed by atoms with E-state index in [1.165, 1.54) is 141 Å². The lowest BCUT2D eigenvalue weighted by atomic mass is 10.1. The van der Waals surface area contributed by atoms with Gasteiger partial charge in [-0.1, -0.05) is 204 Å². The number of rotatable bonds is 47. The molecule has 0 aliphatic rings. The van der Waals surface area contributed by atoms with Gasteiger partial charge in [-0.2, -0.15) is 0 Å². The van der Waals surface area contributed by atoms with Crippen molar-refractivity contribution in [1.82, 2.24) is 0 Å². The highest BCUT2D eigenvalue weighted by molar-refractivity contribution is 5.70. The van der Waals surface area contributed by atoms with E-state index in [1.54, 1.807) is 0 Å². The molecule has 0 saturated carbocycles. The normalized spacial score (nSPS) is 12.7. The number of ether oxygens (including phenoxy) is 3. The van der Waals surface area contributed by atoms with Gasteiger partial charge in [-0.3, -0.25) is 9.59 Å². The summed E-state index contributed by atoms with van der Waals surface area (Å²) in [6.07, 6.45) is 63.7. The van der Waals surface area contributed by atoms with E-state index in [1.807, 2.05) is 0 Å². The van der Waals surface area contributed by atoms with E-state index in [4.69, 9.17) is 14.2 Å². The molecule has 0 aromatic rings. The number of carbonyl (C=O) groups excluding carboxylic acids is 2. The third-order valence-corrected chi connectivity index (χ3v) is 11.0. The molecule has 0 radical (unpaired) electrons. The molecule has 1 atom stereocenters. The van der Waals surface area contributed by atoms with Crippen molar-refractivity contribution in [1.29, 1.82) is 0 Å². The second-order valence-electron chi connectivity index (χ2n) is 17.1. The SMILES string of the molecule is CCC/C=C\C/C=C\CCCCCCCC(=O)OCC(COCCCCCCCCCCCC/C=C\C/C=C\CCCCC)OC(=O)CCCCCCC/C=C\CCCC. The fourth-order valence-corrected chi connectivity index (χ4v) is 7.09. The van der Waals surface area contributed by atoms with Gasteiger partial charge in [0, 0.05) is 19.4 Å². The highest BCUT2D eigenvalue weighted by atomic mass is 16.6. The number of unbranched alkanes of at least 4 members (excludes halogenated alkanes) is 26. The van der Waals surface area contributed by atoms with E-state index in [0.717, 1.165) is 77.0 Å². The Bertz CT molecular complexity index is 1040. The highest BCUT2D eigenvalue weighted by Crippen LogP contribution is 2.14. The van der Waals surface area contributed by atoms with Gasteiger partial charge in [0.15, 0.2) is 6.10 Å². The van der Waals surface area contributed by atoms with Crippen LogP contribution in [0.2, 0.25) is 0 Å². The molecule has 60 heavy (non-hydrogen) atoms. The molecule has 0 bridgehead atoms. The quantitative estimate of drug-likeness (QED) is 0.0347. The summed E-state index contributed by atoms with van der Waals surface area (Å²) in [7, 11) is 0. The molecule has 0 aliphatic heterocycles. The monoisotopic (exact) mass is 839 g/mol. The summed E-state index contributed by atoms with van der Waals surface area (Å²) in [5.41, 5.74) is 0. The molecular formula is C55H98O5. The van der Waals surface area contributed by atoms with Crippen LogP contribution in [0.15, 0.2) is 60.8 Å². The van der Waals surface area contributed by atoms with Crippen LogP contribution in [-0.2, 0) is 23.8 Å². The minimum Gasteiger partial charge on any atom is -0.462 e. The fraction of sp³-hybridized carbons (Fsp3) is 0.782. The van der Waals surface area contributed by atoms with Gasteiger partial charge in [0.2, 0.25) is 0 Å². The predicted octanol–water partition coefficient (Wildman–Crippen LogP) is 17.3. The van der Waals surface area contributed by atoms with Gasteiger partial charge in [0.05, 0.1) is 6.61 Å². The van der Waals surface area contributed by atoms with Crippen molar-refractivity contribution in [3.8, 4) is 0 Å². The number of carbonyl (C=O) groups is 2. The van der Waals surface area contributed by atoms with Gasteiger partial charge in [0.1, 0.15) is 6.61 Å². The lowest BCUT2D eigenvalue weighted by Crippen LogP contribution is -2.30. The van der Waals surface area contributed by atoms with Crippen molar-refractivity contribution in [3.63, 3.8) is 0 Å². The largest absolute Gasteiger partial charge is 0.462 e. The van der Waals surface area contributed by atoms with Crippen LogP contribution in [0.3, 0.4) is 0 Å². The number of hydrogen-bond acceptors (Lipinski definition) is 5. The first-order valence-electron chi connectivity index (χ1n) is 25.8. The summed E-state index contributed by atoms with van der Waals surface area (Å²) < 4.78 is 17.4. The van der Waals surface area contributed by atoms with Crippen LogP contribution >= 0.6 is 0 Å². The summed E-state index contributed by atoms with van der Waals surface area (Å²) in [4.78, 5) is 25.3. The molecule has 0 rings (SSSR count). The van der Waals surface area contributed by atoms with E-state index in [-0.39, 0.29) is 25.2 Å². The number of hydrogen-bond donors (Lipinski definition) is 0. The molecule has 0 fully saturated rings. The zero-order chi connectivity index (χ0) is 43.5. The molecule has 5 nitrogen and oxygen atoms in total. The van der Waals surface area contributed by atoms with Crippen molar-refractivity contribution in [2.24, 2.45) is 0 Å². The molecule has 0 spiro atoms. The molecular weight excluding hydrogens is 741 g/mol. The first kappa shape index (κ1) is 57.6. The van der Waals surface area contributed by atoms with Gasteiger partial charge in [-0.15, -0.1) is 0 Å². The molecule has 0 aromatic carbocycles. The van der Waals surface area contributed by atoms with Gasteiger partial charge >= 0.3 is 11.9 Å². The van der Waals surface area contributed by atoms with E-state index in [0.29, 0.717) is 19.4 Å². The van der Waals surface area contributed by atoms with Crippen molar-refractivity contribution in [2.75, 3.05) is 19.8 Å². The third kappa shape index (κ3) is 48.3. The second kappa shape index (κ2) is 51.0. The van der Waals surface area contributed by atoms with Crippen molar-refractivity contribution in [2.45, 2.75) is 258 Å². The predicted molar refractivity (Wildman–Crippen MR) is 261 cm³/mol. The summed E-state index contributed by atoms with van der Waals surface area (Å²) >= 11 is 0. The summed E-state index contributed by atoms with van der Waals surface area (Å²) in [5.74, 6) is -0.422. The Kier molecular flexibility index (Phi) is 48.9. The maximum atomic E-state index is 12.8. The average molecular weight is 839 g/mol. The zero-order valence-electron chi connectivity index (χ0n) is 40.0. The fourth-order valence-electron chi connectivity index (χ4n) is 7.09. The minimum absolute atomic E-state index is 0.0733. The maximum absolute atomic E-state index is 12.8. The lowest BCUT2D eigenvalue weighted by Gasteiger charge is -2.18. The standard InChI is InChI=1S/C55H98O5/c1-4-7-10-13-16-19-22-24-25-26-27-28-29-30-32-35-38-41-44-47-50-58-51-53(60-55(57)49-46-43-40-37-33-21-18-15-12-9-6-3)52-59-54(56)48-45-42-39-36-34-31-23-20-17-14-11-8-5-2/h11,14-16,18-20,23-25,53H,4-10,12-13,17,21-22,26-52H2,1-3H3/b14-11-,18-15-,19-16-,23-20-,25-24-. The van der Waals surface area contributed by atoms with E-state index >= 15 is 0 Å². The molecule has 0 saturated heterocycles. The number of allylic oxidation sites excluding steroid dienone is 10. The molecule has 0 aromatic heterocycles. The van der Waals surface area contributed by atoms with Crippen molar-refractivity contribution < 1.29 is 23.8 Å². The average Bonchev–Trinajstić information content (AvgIpc) is 3.25. The van der Waals surface area contributed by atoms with Crippen LogP contribution < -0.4 is 0 Å². The molecule has 0 heterocycles. The summed E-state index contributed by atoms with van der Waals surface area (Å²) in [6.45, 7) is 7.69. The van der Waals surface area contributed by atoms with Crippen LogP contribution in [-0.4, -0.2) is 37.9 Å². The molecule has 0 N–H and O–H groups in total. The Morgan fingerprint density at radius 2 is 0.750 bits per heavy atom. The highest BCUT2D eigenvalue weighted by Gasteiger charge is 2.17. The Labute approximate surface area is 373 Å². The van der Waals surface area contributed by atoms with E-state index in [2.05, 4.69) is 81.5 Å². The number of esters is 2. The minimum atomic E-state index is -0.547. The Morgan fingerprint density at radius 1 is 0.367 bits per heavy atom. The van der Waals surface area contributed by atoms with Gasteiger partial charge in [-0.25, -0.2) is 0 Å². The molecule has 348 valence electrons. The molecule has 0 aliphatic carbocycles. The van der Waals surface area contributed by atoms with Gasteiger partial charge in [0.25, 0.3) is 0 Å². The van der Waals surface area contributed by atoms with Crippen LogP contribution in [0, 0.1) is 0 Å². The van der Waals surface area contributed by atoms with Crippen LogP contribution in [0.4, 0.5) is 0 Å². The molecule has 5 heteroatoms. The van der Waals surface area contributed by atoms with Crippen LogP contribution in [0.5, 0.6) is 0 Å². The smallest absolute Gasteiger partial charge is 0.306 e. The second-order valence-corrected chi connectivity index (χ2v) is 17.1. The van der Waals surface area contributed by atoms with Crippen molar-refractivity contribution >= 4 is 11.9 Å². The Balaban J connectivity index is 4.22. The van der Waals surface area contributed by atoms with Crippen molar-refractivity contribution in [3.05, 3.63) is 60.8 Å². The summed E-state index contributed by atoms with van der Waals surface area (Å²) in [5, 5.41) is 0. The maximum Gasteiger partial charge on any atom is 0.306 e. The van der Waals surface area contributed by atoms with E-state index < -0.39 is 6.10 Å². The third-order valence-electron chi connectivity index (χ3n) is 11.0. The van der Waals surface area contributed by atoms with Crippen LogP contribution in [0.25, 0.3) is 0 Å². The van der Waals surface area contributed by atoms with Gasteiger partial charge < -0.3 is 14.2 Å². The molecule has 0 amide bonds. The van der Waals surface area contributed by atoms with E-state index in [9.17, 15) is 9.59 Å². The molecule has 1 unspecified atom stereocenters. The summed E-state index contributed by atoms with van der Waals surface area (Å²) in [6, 6.07) is 0. The van der Waals surface area contributed by atoms with Gasteiger partial charge in [-0.05, 0) is 96.3 Å². The lowest BCUT2D eigenvalue weighted by molar-refractivity contribution is -0.163. The van der Waals surface area contributed by atoms with Crippen LogP contribution in [0.1, 0.15) is 252 Å². The first-order valence-corrected chi connectivity index (χ1v) is 25.8. The topological polar surface area (TPSA) is 61.8 Å². The Hall–Kier alpha value is -2.40.